The normalized spacial score (nSPS) is 19.8. The van der Waals surface area contributed by atoms with E-state index in [0.29, 0.717) is 13.1 Å². The van der Waals surface area contributed by atoms with Gasteiger partial charge in [-0.3, -0.25) is 0 Å². The summed E-state index contributed by atoms with van der Waals surface area (Å²) in [5, 5.41) is 10.9. The van der Waals surface area contributed by atoms with Crippen LogP contribution in [0.3, 0.4) is 0 Å². The van der Waals surface area contributed by atoms with Gasteiger partial charge >= 0.3 is 0 Å². The standard InChI is InChI=1S/C20H29N5OS.HI/c1-4-21-20(24-11-18-7-8-27-14-18)23-10-17-5-6-19(22-9-17)25-12-15(2)26-16(3)13-25;/h5-9,14-16H,4,10-13H2,1-3H3,(H2,21,23,24);1H. The van der Waals surface area contributed by atoms with E-state index in [1.54, 1.807) is 11.3 Å². The number of nitrogens with one attached hydrogen (secondary N) is 2. The summed E-state index contributed by atoms with van der Waals surface area (Å²) in [6.45, 7) is 10.3. The van der Waals surface area contributed by atoms with Gasteiger partial charge in [-0.2, -0.15) is 11.3 Å². The average molecular weight is 515 g/mol. The maximum atomic E-state index is 5.80. The van der Waals surface area contributed by atoms with E-state index in [1.807, 2.05) is 6.20 Å². The summed E-state index contributed by atoms with van der Waals surface area (Å²) < 4.78 is 5.80. The number of aliphatic imine (C=N–C) groups is 1. The number of rotatable bonds is 6. The summed E-state index contributed by atoms with van der Waals surface area (Å²) in [5.41, 5.74) is 2.37. The minimum Gasteiger partial charge on any atom is -0.372 e. The van der Waals surface area contributed by atoms with Crippen molar-refractivity contribution in [1.29, 1.82) is 0 Å². The van der Waals surface area contributed by atoms with Crippen LogP contribution in [0.4, 0.5) is 5.82 Å². The Morgan fingerprint density at radius 2 is 2.00 bits per heavy atom. The minimum absolute atomic E-state index is 0. The van der Waals surface area contributed by atoms with Crippen LogP contribution in [0, 0.1) is 0 Å². The molecule has 1 aliphatic heterocycles. The zero-order valence-corrected chi connectivity index (χ0v) is 19.9. The third-order valence-electron chi connectivity index (χ3n) is 4.36. The fourth-order valence-corrected chi connectivity index (χ4v) is 3.81. The first kappa shape index (κ1) is 22.9. The van der Waals surface area contributed by atoms with Crippen molar-refractivity contribution in [2.45, 2.75) is 46.1 Å². The van der Waals surface area contributed by atoms with E-state index in [4.69, 9.17) is 4.74 Å². The Balaban J connectivity index is 0.00000280. The molecule has 0 radical (unpaired) electrons. The molecule has 3 rings (SSSR count). The van der Waals surface area contributed by atoms with E-state index in [9.17, 15) is 0 Å². The number of ether oxygens (including phenoxy) is 1. The van der Waals surface area contributed by atoms with E-state index in [-0.39, 0.29) is 36.2 Å². The highest BCUT2D eigenvalue weighted by molar-refractivity contribution is 14.0. The fourth-order valence-electron chi connectivity index (χ4n) is 3.15. The van der Waals surface area contributed by atoms with Crippen LogP contribution in [-0.4, -0.2) is 42.8 Å². The molecule has 1 aliphatic rings. The smallest absolute Gasteiger partial charge is 0.191 e. The van der Waals surface area contributed by atoms with Gasteiger partial charge in [-0.15, -0.1) is 24.0 Å². The quantitative estimate of drug-likeness (QED) is 0.350. The van der Waals surface area contributed by atoms with Crippen LogP contribution in [0.2, 0.25) is 0 Å². The summed E-state index contributed by atoms with van der Waals surface area (Å²) in [7, 11) is 0. The van der Waals surface area contributed by atoms with Crippen molar-refractivity contribution < 1.29 is 4.74 Å². The second-order valence-electron chi connectivity index (χ2n) is 6.87. The molecule has 6 nitrogen and oxygen atoms in total. The Bertz CT molecular complexity index is 713. The van der Waals surface area contributed by atoms with Crippen molar-refractivity contribution in [3.8, 4) is 0 Å². The van der Waals surface area contributed by atoms with Gasteiger partial charge in [-0.1, -0.05) is 6.07 Å². The number of thiophene rings is 1. The van der Waals surface area contributed by atoms with Gasteiger partial charge in [0.1, 0.15) is 5.82 Å². The first-order chi connectivity index (χ1) is 13.1. The first-order valence-electron chi connectivity index (χ1n) is 9.52. The third kappa shape index (κ3) is 6.89. The molecule has 2 aromatic heterocycles. The third-order valence-corrected chi connectivity index (χ3v) is 5.09. The molecule has 28 heavy (non-hydrogen) atoms. The molecule has 3 heterocycles. The van der Waals surface area contributed by atoms with E-state index >= 15 is 0 Å². The summed E-state index contributed by atoms with van der Waals surface area (Å²) in [4.78, 5) is 11.6. The lowest BCUT2D eigenvalue weighted by Gasteiger charge is -2.36. The number of pyridine rings is 1. The lowest BCUT2D eigenvalue weighted by molar-refractivity contribution is -0.00545. The second kappa shape index (κ2) is 11.6. The molecule has 1 saturated heterocycles. The zero-order valence-electron chi connectivity index (χ0n) is 16.7. The lowest BCUT2D eigenvalue weighted by atomic mass is 10.2. The summed E-state index contributed by atoms with van der Waals surface area (Å²) in [6, 6.07) is 6.33. The van der Waals surface area contributed by atoms with Crippen molar-refractivity contribution in [1.82, 2.24) is 15.6 Å². The molecule has 2 aromatic rings. The molecule has 0 saturated carbocycles. The van der Waals surface area contributed by atoms with E-state index in [0.717, 1.165) is 37.0 Å². The van der Waals surface area contributed by atoms with Gasteiger partial charge in [0, 0.05) is 32.4 Å². The van der Waals surface area contributed by atoms with Crippen LogP contribution >= 0.6 is 35.3 Å². The molecule has 8 heteroatoms. The molecule has 0 spiro atoms. The molecule has 2 atom stereocenters. The summed E-state index contributed by atoms with van der Waals surface area (Å²) in [5.74, 6) is 1.84. The maximum Gasteiger partial charge on any atom is 0.191 e. The predicted octanol–water partition coefficient (Wildman–Crippen LogP) is 3.63. The van der Waals surface area contributed by atoms with E-state index < -0.39 is 0 Å². The van der Waals surface area contributed by atoms with Crippen LogP contribution in [0.15, 0.2) is 40.1 Å². The molecule has 2 unspecified atom stereocenters. The molecular formula is C20H30IN5OS. The maximum absolute atomic E-state index is 5.80. The lowest BCUT2D eigenvalue weighted by Crippen LogP contribution is -2.45. The topological polar surface area (TPSA) is 61.8 Å². The highest BCUT2D eigenvalue weighted by atomic mass is 127. The molecule has 2 N–H and O–H groups in total. The van der Waals surface area contributed by atoms with E-state index in [1.165, 1.54) is 5.56 Å². The van der Waals surface area contributed by atoms with Gasteiger partial charge in [0.25, 0.3) is 0 Å². The van der Waals surface area contributed by atoms with Crippen molar-refractivity contribution in [2.75, 3.05) is 24.5 Å². The number of hydrogen-bond acceptors (Lipinski definition) is 5. The van der Waals surface area contributed by atoms with Gasteiger partial charge in [-0.05, 0) is 54.8 Å². The number of morpholine rings is 1. The Labute approximate surface area is 188 Å². The molecule has 0 aliphatic carbocycles. The van der Waals surface area contributed by atoms with Crippen molar-refractivity contribution in [2.24, 2.45) is 4.99 Å². The highest BCUT2D eigenvalue weighted by Gasteiger charge is 2.22. The first-order valence-corrected chi connectivity index (χ1v) is 10.5. The number of anilines is 1. The Morgan fingerprint density at radius 1 is 1.21 bits per heavy atom. The molecular weight excluding hydrogens is 485 g/mol. The van der Waals surface area contributed by atoms with Crippen LogP contribution in [0.25, 0.3) is 0 Å². The van der Waals surface area contributed by atoms with Crippen LogP contribution in [0.1, 0.15) is 31.9 Å². The zero-order chi connectivity index (χ0) is 19.1. The second-order valence-corrected chi connectivity index (χ2v) is 7.65. The van der Waals surface area contributed by atoms with Gasteiger partial charge in [-0.25, -0.2) is 9.98 Å². The summed E-state index contributed by atoms with van der Waals surface area (Å²) in [6.07, 6.45) is 2.41. The number of guanidine groups is 1. The Kier molecular flexibility index (Phi) is 9.46. The Hall–Kier alpha value is -1.39. The molecule has 0 aromatic carbocycles. The summed E-state index contributed by atoms with van der Waals surface area (Å²) >= 11 is 1.70. The Morgan fingerprint density at radius 3 is 2.61 bits per heavy atom. The van der Waals surface area contributed by atoms with E-state index in [2.05, 4.69) is 75.2 Å². The van der Waals surface area contributed by atoms with Gasteiger partial charge in [0.2, 0.25) is 0 Å². The van der Waals surface area contributed by atoms with Crippen molar-refractivity contribution in [3.63, 3.8) is 0 Å². The van der Waals surface area contributed by atoms with Crippen LogP contribution in [0.5, 0.6) is 0 Å². The average Bonchev–Trinajstić information content (AvgIpc) is 3.17. The number of hydrogen-bond donors (Lipinski definition) is 2. The highest BCUT2D eigenvalue weighted by Crippen LogP contribution is 2.18. The van der Waals surface area contributed by atoms with Gasteiger partial charge in [0.15, 0.2) is 5.96 Å². The number of nitrogens with zero attached hydrogens (tertiary/aromatic N) is 3. The van der Waals surface area contributed by atoms with Crippen molar-refractivity contribution >= 4 is 47.1 Å². The molecule has 1 fully saturated rings. The number of halogens is 1. The van der Waals surface area contributed by atoms with Gasteiger partial charge in [0.05, 0.1) is 18.8 Å². The van der Waals surface area contributed by atoms with Crippen LogP contribution in [-0.2, 0) is 17.8 Å². The molecule has 0 amide bonds. The SMILES string of the molecule is CCNC(=NCc1ccsc1)NCc1ccc(N2CC(C)OC(C)C2)nc1.I. The molecule has 154 valence electrons. The monoisotopic (exact) mass is 515 g/mol. The number of aromatic nitrogens is 1. The predicted molar refractivity (Wildman–Crippen MR) is 128 cm³/mol. The largest absolute Gasteiger partial charge is 0.372 e. The molecule has 0 bridgehead atoms. The van der Waals surface area contributed by atoms with Crippen molar-refractivity contribution in [3.05, 3.63) is 46.3 Å². The minimum atomic E-state index is 0. The van der Waals surface area contributed by atoms with Crippen LogP contribution < -0.4 is 15.5 Å². The fraction of sp³-hybridized carbons (Fsp3) is 0.500. The van der Waals surface area contributed by atoms with Gasteiger partial charge < -0.3 is 20.3 Å².